The maximum atomic E-state index is 12.4. The lowest BCUT2D eigenvalue weighted by Crippen LogP contribution is -2.48. The number of aliphatic hydroxyl groups excluding tert-OH is 1. The average Bonchev–Trinajstić information content (AvgIpc) is 2.80. The first kappa shape index (κ1) is 17.5. The van der Waals surface area contributed by atoms with E-state index in [-0.39, 0.29) is 19.3 Å². The van der Waals surface area contributed by atoms with E-state index in [0.717, 1.165) is 17.7 Å². The third-order valence-electron chi connectivity index (χ3n) is 4.21. The molecule has 0 aromatic rings. The molecule has 1 unspecified atom stereocenters. The highest BCUT2D eigenvalue weighted by Gasteiger charge is 2.42. The molecule has 0 aliphatic carbocycles. The van der Waals surface area contributed by atoms with Gasteiger partial charge in [-0.3, -0.25) is 9.69 Å². The highest BCUT2D eigenvalue weighted by atomic mass is 19.4. The number of aliphatic hydroxyl groups is 1. The van der Waals surface area contributed by atoms with E-state index in [1.54, 1.807) is 0 Å². The molecular formula is C14H23F3N2O3. The molecule has 2 heterocycles. The van der Waals surface area contributed by atoms with E-state index < -0.39 is 24.7 Å². The number of likely N-dealkylation sites (tertiary alicyclic amines) is 2. The van der Waals surface area contributed by atoms with Crippen LogP contribution in [0.1, 0.15) is 25.7 Å². The van der Waals surface area contributed by atoms with Gasteiger partial charge in [-0.15, -0.1) is 0 Å². The Morgan fingerprint density at radius 2 is 1.86 bits per heavy atom. The molecule has 2 rings (SSSR count). The lowest BCUT2D eigenvalue weighted by Gasteiger charge is -2.35. The first-order chi connectivity index (χ1) is 10.4. The summed E-state index contributed by atoms with van der Waals surface area (Å²) < 4.78 is 42.8. The fraction of sp³-hybridized carbons (Fsp3) is 0.929. The molecule has 0 radical (unpaired) electrons. The summed E-state index contributed by atoms with van der Waals surface area (Å²) in [5.74, 6) is -0.406. The van der Waals surface area contributed by atoms with E-state index in [4.69, 9.17) is 9.84 Å². The quantitative estimate of drug-likeness (QED) is 0.741. The van der Waals surface area contributed by atoms with Gasteiger partial charge in [-0.2, -0.15) is 13.2 Å². The van der Waals surface area contributed by atoms with E-state index in [9.17, 15) is 18.0 Å². The SMILES string of the molecule is O=C1C(N2CCC(OCCCO)CC2)CCN1CC(F)(F)F. The lowest BCUT2D eigenvalue weighted by molar-refractivity contribution is -0.159. The van der Waals surface area contributed by atoms with E-state index in [0.29, 0.717) is 32.5 Å². The minimum atomic E-state index is -4.34. The molecular weight excluding hydrogens is 301 g/mol. The van der Waals surface area contributed by atoms with Crippen molar-refractivity contribution >= 4 is 5.91 Å². The van der Waals surface area contributed by atoms with Crippen LogP contribution in [0.15, 0.2) is 0 Å². The maximum absolute atomic E-state index is 12.4. The highest BCUT2D eigenvalue weighted by molar-refractivity contribution is 5.84. The van der Waals surface area contributed by atoms with Gasteiger partial charge in [0.25, 0.3) is 0 Å². The molecule has 1 atom stereocenters. The molecule has 1 N–H and O–H groups in total. The molecule has 2 saturated heterocycles. The van der Waals surface area contributed by atoms with Gasteiger partial charge >= 0.3 is 6.18 Å². The van der Waals surface area contributed by atoms with Gasteiger partial charge < -0.3 is 14.7 Å². The number of carbonyl (C=O) groups excluding carboxylic acids is 1. The average molecular weight is 324 g/mol. The summed E-state index contributed by atoms with van der Waals surface area (Å²) >= 11 is 0. The molecule has 0 aromatic carbocycles. The molecule has 0 saturated carbocycles. The number of ether oxygens (including phenoxy) is 1. The van der Waals surface area contributed by atoms with Crippen molar-refractivity contribution in [3.8, 4) is 0 Å². The molecule has 22 heavy (non-hydrogen) atoms. The van der Waals surface area contributed by atoms with Gasteiger partial charge in [0, 0.05) is 32.8 Å². The highest BCUT2D eigenvalue weighted by Crippen LogP contribution is 2.25. The molecule has 0 bridgehead atoms. The van der Waals surface area contributed by atoms with Crippen LogP contribution in [-0.2, 0) is 9.53 Å². The van der Waals surface area contributed by atoms with Gasteiger partial charge in [0.2, 0.25) is 5.91 Å². The van der Waals surface area contributed by atoms with Crippen LogP contribution in [-0.4, -0.2) is 78.5 Å². The molecule has 5 nitrogen and oxygen atoms in total. The zero-order chi connectivity index (χ0) is 16.2. The van der Waals surface area contributed by atoms with Crippen LogP contribution in [0.25, 0.3) is 0 Å². The molecule has 2 aliphatic heterocycles. The van der Waals surface area contributed by atoms with Crippen LogP contribution in [0.4, 0.5) is 13.2 Å². The van der Waals surface area contributed by atoms with Gasteiger partial charge in [-0.25, -0.2) is 0 Å². The first-order valence-corrected chi connectivity index (χ1v) is 7.73. The van der Waals surface area contributed by atoms with E-state index in [1.165, 1.54) is 0 Å². The third kappa shape index (κ3) is 4.82. The van der Waals surface area contributed by atoms with Crippen molar-refractivity contribution < 1.29 is 27.8 Å². The van der Waals surface area contributed by atoms with Crippen molar-refractivity contribution in [2.24, 2.45) is 0 Å². The summed E-state index contributed by atoms with van der Waals surface area (Å²) in [6.45, 7) is 0.979. The van der Waals surface area contributed by atoms with Crippen molar-refractivity contribution in [1.29, 1.82) is 0 Å². The first-order valence-electron chi connectivity index (χ1n) is 7.73. The van der Waals surface area contributed by atoms with Crippen molar-refractivity contribution in [2.75, 3.05) is 39.4 Å². The van der Waals surface area contributed by atoms with Crippen molar-refractivity contribution in [3.05, 3.63) is 0 Å². The minimum Gasteiger partial charge on any atom is -0.396 e. The second-order valence-electron chi connectivity index (χ2n) is 5.86. The Hall–Kier alpha value is -0.860. The molecule has 2 fully saturated rings. The van der Waals surface area contributed by atoms with Gasteiger partial charge in [0.1, 0.15) is 6.54 Å². The monoisotopic (exact) mass is 324 g/mol. The molecule has 0 spiro atoms. The number of nitrogens with zero attached hydrogens (tertiary/aromatic N) is 2. The summed E-state index contributed by atoms with van der Waals surface area (Å²) in [4.78, 5) is 15.0. The molecule has 128 valence electrons. The van der Waals surface area contributed by atoms with Crippen LogP contribution in [0.2, 0.25) is 0 Å². The summed E-state index contributed by atoms with van der Waals surface area (Å²) in [5, 5.41) is 8.71. The number of carbonyl (C=O) groups is 1. The summed E-state index contributed by atoms with van der Waals surface area (Å²) in [7, 11) is 0. The smallest absolute Gasteiger partial charge is 0.396 e. The van der Waals surface area contributed by atoms with E-state index in [2.05, 4.69) is 0 Å². The Bertz CT molecular complexity index is 371. The maximum Gasteiger partial charge on any atom is 0.406 e. The van der Waals surface area contributed by atoms with Crippen LogP contribution >= 0.6 is 0 Å². The summed E-state index contributed by atoms with van der Waals surface area (Å²) in [5.41, 5.74) is 0. The van der Waals surface area contributed by atoms with Gasteiger partial charge in [0.05, 0.1) is 12.1 Å². The van der Waals surface area contributed by atoms with Crippen molar-refractivity contribution in [2.45, 2.75) is 44.0 Å². The summed E-state index contributed by atoms with van der Waals surface area (Å²) in [6.07, 6.45) is -1.61. The second kappa shape index (κ2) is 7.61. The van der Waals surface area contributed by atoms with Crippen LogP contribution in [0.5, 0.6) is 0 Å². The number of amides is 1. The fourth-order valence-corrected chi connectivity index (χ4v) is 3.10. The Kier molecular flexibility index (Phi) is 6.05. The van der Waals surface area contributed by atoms with Crippen molar-refractivity contribution in [3.63, 3.8) is 0 Å². The van der Waals surface area contributed by atoms with Gasteiger partial charge in [-0.05, 0) is 25.7 Å². The Morgan fingerprint density at radius 1 is 1.18 bits per heavy atom. The lowest BCUT2D eigenvalue weighted by atomic mass is 10.0. The zero-order valence-electron chi connectivity index (χ0n) is 12.5. The van der Waals surface area contributed by atoms with Crippen molar-refractivity contribution in [1.82, 2.24) is 9.80 Å². The Morgan fingerprint density at radius 3 is 2.45 bits per heavy atom. The molecule has 0 aromatic heterocycles. The second-order valence-corrected chi connectivity index (χ2v) is 5.86. The predicted octanol–water partition coefficient (Wildman–Crippen LogP) is 1.01. The third-order valence-corrected chi connectivity index (χ3v) is 4.21. The standard InChI is InChI=1S/C14H23F3N2O3/c15-14(16,17)10-19-7-4-12(13(19)21)18-5-2-11(3-6-18)22-9-1-8-20/h11-12,20H,1-10H2. The Labute approximate surface area is 128 Å². The number of hydrogen-bond acceptors (Lipinski definition) is 4. The predicted molar refractivity (Wildman–Crippen MR) is 73.3 cm³/mol. The fourth-order valence-electron chi connectivity index (χ4n) is 3.10. The normalized spacial score (nSPS) is 25.2. The number of hydrogen-bond donors (Lipinski definition) is 1. The van der Waals surface area contributed by atoms with Gasteiger partial charge in [0.15, 0.2) is 0 Å². The number of halogens is 3. The summed E-state index contributed by atoms with van der Waals surface area (Å²) in [6, 6.07) is -0.416. The van der Waals surface area contributed by atoms with E-state index in [1.807, 2.05) is 4.90 Å². The van der Waals surface area contributed by atoms with Crippen LogP contribution in [0.3, 0.4) is 0 Å². The zero-order valence-corrected chi connectivity index (χ0v) is 12.5. The van der Waals surface area contributed by atoms with E-state index >= 15 is 0 Å². The topological polar surface area (TPSA) is 53.0 Å². The molecule has 1 amide bonds. The minimum absolute atomic E-state index is 0.102. The molecule has 2 aliphatic rings. The largest absolute Gasteiger partial charge is 0.406 e. The molecule has 8 heteroatoms. The van der Waals surface area contributed by atoms with Gasteiger partial charge in [-0.1, -0.05) is 0 Å². The number of alkyl halides is 3. The number of rotatable bonds is 6. The Balaban J connectivity index is 1.76. The van der Waals surface area contributed by atoms with Crippen LogP contribution in [0, 0.1) is 0 Å². The number of piperidine rings is 1. The van der Waals surface area contributed by atoms with Crippen LogP contribution < -0.4 is 0 Å².